The molecule has 1 amide bonds. The van der Waals surface area contributed by atoms with Crippen molar-refractivity contribution in [2.24, 2.45) is 5.73 Å². The molecule has 0 saturated heterocycles. The Morgan fingerprint density at radius 3 is 2.52 bits per heavy atom. The summed E-state index contributed by atoms with van der Waals surface area (Å²) in [5.41, 5.74) is 9.61. The standard InChI is InChI=1S/C19H15N3O/c1-2-5-14-8-10-15(11-9-14)17-6-3-4-7-18(17)22-13-16(12-21-22)19(20)23/h3-4,6-13H,1H3,(H2,20,23). The summed E-state index contributed by atoms with van der Waals surface area (Å²) in [4.78, 5) is 11.3. The van der Waals surface area contributed by atoms with E-state index in [1.54, 1.807) is 10.9 Å². The van der Waals surface area contributed by atoms with Crippen molar-refractivity contribution in [1.29, 1.82) is 0 Å². The molecule has 2 aromatic carbocycles. The highest BCUT2D eigenvalue weighted by Crippen LogP contribution is 2.26. The van der Waals surface area contributed by atoms with Gasteiger partial charge in [0.15, 0.2) is 0 Å². The molecule has 0 saturated carbocycles. The summed E-state index contributed by atoms with van der Waals surface area (Å²) >= 11 is 0. The van der Waals surface area contributed by atoms with Crippen LogP contribution in [0.2, 0.25) is 0 Å². The van der Waals surface area contributed by atoms with E-state index in [-0.39, 0.29) is 0 Å². The minimum atomic E-state index is -0.490. The van der Waals surface area contributed by atoms with E-state index in [1.165, 1.54) is 6.20 Å². The lowest BCUT2D eigenvalue weighted by Gasteiger charge is -2.09. The fraction of sp³-hybridized carbons (Fsp3) is 0.0526. The van der Waals surface area contributed by atoms with E-state index in [1.807, 2.05) is 55.5 Å². The van der Waals surface area contributed by atoms with Crippen LogP contribution in [0.4, 0.5) is 0 Å². The van der Waals surface area contributed by atoms with Gasteiger partial charge in [0.2, 0.25) is 0 Å². The molecule has 23 heavy (non-hydrogen) atoms. The number of rotatable bonds is 3. The van der Waals surface area contributed by atoms with E-state index in [2.05, 4.69) is 16.9 Å². The van der Waals surface area contributed by atoms with Crippen molar-refractivity contribution in [2.45, 2.75) is 6.92 Å². The topological polar surface area (TPSA) is 60.9 Å². The second-order valence-electron chi connectivity index (χ2n) is 5.01. The molecule has 1 aromatic heterocycles. The molecular weight excluding hydrogens is 286 g/mol. The van der Waals surface area contributed by atoms with Crippen LogP contribution in [0.1, 0.15) is 22.8 Å². The van der Waals surface area contributed by atoms with Gasteiger partial charge < -0.3 is 5.73 Å². The van der Waals surface area contributed by atoms with E-state index in [0.29, 0.717) is 5.56 Å². The molecule has 112 valence electrons. The van der Waals surface area contributed by atoms with Gasteiger partial charge in [-0.25, -0.2) is 4.68 Å². The van der Waals surface area contributed by atoms with Gasteiger partial charge in [-0.3, -0.25) is 4.79 Å². The maximum Gasteiger partial charge on any atom is 0.251 e. The number of carbonyl (C=O) groups is 1. The third-order valence-corrected chi connectivity index (χ3v) is 3.48. The van der Waals surface area contributed by atoms with Gasteiger partial charge in [-0.05, 0) is 30.7 Å². The molecular formula is C19H15N3O. The zero-order chi connectivity index (χ0) is 16.2. The van der Waals surface area contributed by atoms with Crippen molar-refractivity contribution in [3.05, 3.63) is 72.1 Å². The average molecular weight is 301 g/mol. The highest BCUT2D eigenvalue weighted by Gasteiger charge is 2.10. The lowest BCUT2D eigenvalue weighted by molar-refractivity contribution is 0.100. The van der Waals surface area contributed by atoms with E-state index < -0.39 is 5.91 Å². The van der Waals surface area contributed by atoms with Crippen molar-refractivity contribution in [2.75, 3.05) is 0 Å². The van der Waals surface area contributed by atoms with Gasteiger partial charge in [0, 0.05) is 17.3 Å². The molecule has 0 aliphatic rings. The Kier molecular flexibility index (Phi) is 3.94. The zero-order valence-electron chi connectivity index (χ0n) is 12.7. The smallest absolute Gasteiger partial charge is 0.251 e. The first kappa shape index (κ1) is 14.6. The zero-order valence-corrected chi connectivity index (χ0v) is 12.7. The van der Waals surface area contributed by atoms with Crippen LogP contribution in [0.5, 0.6) is 0 Å². The van der Waals surface area contributed by atoms with Gasteiger partial charge in [-0.2, -0.15) is 5.10 Å². The van der Waals surface area contributed by atoms with E-state index in [0.717, 1.165) is 22.4 Å². The van der Waals surface area contributed by atoms with E-state index >= 15 is 0 Å². The second-order valence-corrected chi connectivity index (χ2v) is 5.01. The molecule has 0 aliphatic carbocycles. The monoisotopic (exact) mass is 301 g/mol. The fourth-order valence-electron chi connectivity index (χ4n) is 2.38. The Balaban J connectivity index is 2.06. The molecule has 0 spiro atoms. The first-order valence-corrected chi connectivity index (χ1v) is 7.16. The summed E-state index contributed by atoms with van der Waals surface area (Å²) in [6.07, 6.45) is 3.11. The van der Waals surface area contributed by atoms with Crippen molar-refractivity contribution in [3.8, 4) is 28.7 Å². The van der Waals surface area contributed by atoms with Crippen LogP contribution in [0.15, 0.2) is 60.9 Å². The first-order valence-electron chi connectivity index (χ1n) is 7.16. The normalized spacial score (nSPS) is 9.96. The van der Waals surface area contributed by atoms with Crippen LogP contribution in [0, 0.1) is 11.8 Å². The van der Waals surface area contributed by atoms with E-state index in [4.69, 9.17) is 5.73 Å². The van der Waals surface area contributed by atoms with Crippen LogP contribution in [-0.2, 0) is 0 Å². The van der Waals surface area contributed by atoms with Crippen LogP contribution < -0.4 is 5.73 Å². The molecule has 0 fully saturated rings. The molecule has 3 rings (SSSR count). The molecule has 4 nitrogen and oxygen atoms in total. The number of primary amides is 1. The number of hydrogen-bond donors (Lipinski definition) is 1. The van der Waals surface area contributed by atoms with Gasteiger partial charge in [-0.15, -0.1) is 5.92 Å². The van der Waals surface area contributed by atoms with Crippen LogP contribution >= 0.6 is 0 Å². The molecule has 0 radical (unpaired) electrons. The van der Waals surface area contributed by atoms with Gasteiger partial charge in [0.1, 0.15) is 0 Å². The summed E-state index contributed by atoms with van der Waals surface area (Å²) in [5, 5.41) is 4.23. The molecule has 0 aliphatic heterocycles. The van der Waals surface area contributed by atoms with Crippen molar-refractivity contribution >= 4 is 5.91 Å². The summed E-state index contributed by atoms with van der Waals surface area (Å²) < 4.78 is 1.66. The predicted molar refractivity (Wildman–Crippen MR) is 90.1 cm³/mol. The van der Waals surface area contributed by atoms with Gasteiger partial charge in [0.25, 0.3) is 5.91 Å². The number of amides is 1. The summed E-state index contributed by atoms with van der Waals surface area (Å²) in [7, 11) is 0. The predicted octanol–water partition coefficient (Wildman–Crippen LogP) is 3.01. The van der Waals surface area contributed by atoms with Gasteiger partial charge >= 0.3 is 0 Å². The molecule has 4 heteroatoms. The number of aromatic nitrogens is 2. The van der Waals surface area contributed by atoms with Crippen LogP contribution in [-0.4, -0.2) is 15.7 Å². The number of hydrogen-bond acceptors (Lipinski definition) is 2. The maximum absolute atomic E-state index is 11.3. The lowest BCUT2D eigenvalue weighted by atomic mass is 10.0. The second kappa shape index (κ2) is 6.20. The van der Waals surface area contributed by atoms with Crippen LogP contribution in [0.3, 0.4) is 0 Å². The first-order chi connectivity index (χ1) is 11.2. The van der Waals surface area contributed by atoms with Crippen molar-refractivity contribution < 1.29 is 4.79 Å². The highest BCUT2D eigenvalue weighted by atomic mass is 16.1. The summed E-state index contributed by atoms with van der Waals surface area (Å²) in [6, 6.07) is 15.9. The number of nitrogens with two attached hydrogens (primary N) is 1. The molecule has 2 N–H and O–H groups in total. The Bertz CT molecular complexity index is 912. The Labute approximate surface area is 134 Å². The lowest BCUT2D eigenvalue weighted by Crippen LogP contribution is -2.09. The Morgan fingerprint density at radius 1 is 1.13 bits per heavy atom. The minimum absolute atomic E-state index is 0.383. The molecule has 3 aromatic rings. The van der Waals surface area contributed by atoms with Crippen LogP contribution in [0.25, 0.3) is 16.8 Å². The Hall–Kier alpha value is -3.32. The number of nitrogens with zero attached hydrogens (tertiary/aromatic N) is 2. The highest BCUT2D eigenvalue weighted by molar-refractivity contribution is 5.92. The number of benzene rings is 2. The minimum Gasteiger partial charge on any atom is -0.366 e. The molecule has 0 atom stereocenters. The van der Waals surface area contributed by atoms with Gasteiger partial charge in [-0.1, -0.05) is 36.3 Å². The fourth-order valence-corrected chi connectivity index (χ4v) is 2.38. The summed E-state index contributed by atoms with van der Waals surface area (Å²) in [5.74, 6) is 5.43. The third kappa shape index (κ3) is 2.99. The molecule has 1 heterocycles. The molecule has 0 unspecified atom stereocenters. The van der Waals surface area contributed by atoms with Crippen molar-refractivity contribution in [3.63, 3.8) is 0 Å². The maximum atomic E-state index is 11.3. The van der Waals surface area contributed by atoms with E-state index in [9.17, 15) is 4.79 Å². The third-order valence-electron chi connectivity index (χ3n) is 3.48. The number of para-hydroxylation sites is 1. The van der Waals surface area contributed by atoms with Crippen molar-refractivity contribution in [1.82, 2.24) is 9.78 Å². The SMILES string of the molecule is CC#Cc1ccc(-c2ccccc2-n2cc(C(N)=O)cn2)cc1. The Morgan fingerprint density at radius 2 is 1.87 bits per heavy atom. The summed E-state index contributed by atoms with van der Waals surface area (Å²) in [6.45, 7) is 1.82. The number of carbonyl (C=O) groups excluding carboxylic acids is 1. The molecule has 0 bridgehead atoms. The average Bonchev–Trinajstić information content (AvgIpc) is 3.06. The largest absolute Gasteiger partial charge is 0.366 e. The quantitative estimate of drug-likeness (QED) is 0.756. The van der Waals surface area contributed by atoms with Gasteiger partial charge in [0.05, 0.1) is 17.4 Å².